The summed E-state index contributed by atoms with van der Waals surface area (Å²) >= 11 is 0. The van der Waals surface area contributed by atoms with Gasteiger partial charge >= 0.3 is 0 Å². The van der Waals surface area contributed by atoms with Crippen LogP contribution in [0.2, 0.25) is 0 Å². The minimum absolute atomic E-state index is 0.269. The molecular formula is C17H18N2O2. The number of nitrogens with zero attached hydrogens (tertiary/aromatic N) is 1. The Morgan fingerprint density at radius 1 is 1.19 bits per heavy atom. The van der Waals surface area contributed by atoms with Crippen molar-refractivity contribution in [3.05, 3.63) is 64.7 Å². The molecule has 0 aromatic heterocycles. The summed E-state index contributed by atoms with van der Waals surface area (Å²) in [4.78, 5) is 12.0. The van der Waals surface area contributed by atoms with Gasteiger partial charge in [0.25, 0.3) is 5.91 Å². The van der Waals surface area contributed by atoms with E-state index >= 15 is 0 Å². The molecule has 0 saturated heterocycles. The van der Waals surface area contributed by atoms with Crippen LogP contribution in [-0.4, -0.2) is 19.2 Å². The fraction of sp³-hybridized carbons (Fsp3) is 0.176. The maximum Gasteiger partial charge on any atom is 0.271 e. The third-order valence-electron chi connectivity index (χ3n) is 3.13. The second-order valence-corrected chi connectivity index (χ2v) is 4.79. The summed E-state index contributed by atoms with van der Waals surface area (Å²) in [5.74, 6) is 0.371. The molecule has 2 aromatic carbocycles. The van der Waals surface area contributed by atoms with Crippen molar-refractivity contribution in [1.82, 2.24) is 5.43 Å². The Kier molecular flexibility index (Phi) is 4.72. The molecule has 0 aliphatic heterocycles. The second kappa shape index (κ2) is 6.70. The van der Waals surface area contributed by atoms with Crippen molar-refractivity contribution in [3.63, 3.8) is 0 Å². The summed E-state index contributed by atoms with van der Waals surface area (Å²) < 4.78 is 5.09. The highest BCUT2D eigenvalue weighted by Crippen LogP contribution is 2.12. The van der Waals surface area contributed by atoms with Gasteiger partial charge in [-0.1, -0.05) is 29.8 Å². The summed E-state index contributed by atoms with van der Waals surface area (Å²) in [5, 5.41) is 4.00. The van der Waals surface area contributed by atoms with Gasteiger partial charge in [-0.25, -0.2) is 5.43 Å². The van der Waals surface area contributed by atoms with E-state index in [2.05, 4.69) is 16.6 Å². The first kappa shape index (κ1) is 14.8. The number of carbonyl (C=O) groups is 1. The summed E-state index contributed by atoms with van der Waals surface area (Å²) in [7, 11) is 1.56. The van der Waals surface area contributed by atoms with Crippen LogP contribution in [0.4, 0.5) is 0 Å². The molecule has 0 aliphatic carbocycles. The van der Waals surface area contributed by atoms with Crippen molar-refractivity contribution in [2.75, 3.05) is 7.11 Å². The maximum absolute atomic E-state index is 12.0. The van der Waals surface area contributed by atoms with Crippen LogP contribution < -0.4 is 10.2 Å². The van der Waals surface area contributed by atoms with Crippen LogP contribution in [0.3, 0.4) is 0 Å². The van der Waals surface area contributed by atoms with Gasteiger partial charge in [0.15, 0.2) is 0 Å². The molecule has 21 heavy (non-hydrogen) atoms. The molecule has 0 unspecified atom stereocenters. The van der Waals surface area contributed by atoms with Gasteiger partial charge in [0.1, 0.15) is 5.75 Å². The van der Waals surface area contributed by atoms with Crippen molar-refractivity contribution in [1.29, 1.82) is 0 Å². The number of ether oxygens (including phenoxy) is 1. The summed E-state index contributed by atoms with van der Waals surface area (Å²) in [6.45, 7) is 4.05. The zero-order valence-corrected chi connectivity index (χ0v) is 12.4. The number of nitrogens with one attached hydrogen (secondary N) is 1. The lowest BCUT2D eigenvalue weighted by atomic mass is 10.1. The molecule has 108 valence electrons. The number of rotatable bonds is 4. The van der Waals surface area contributed by atoms with Crippen molar-refractivity contribution in [3.8, 4) is 5.75 Å². The van der Waals surface area contributed by atoms with Crippen LogP contribution in [0, 0.1) is 13.8 Å². The molecule has 1 N–H and O–H groups in total. The number of carbonyl (C=O) groups excluding carboxylic acids is 1. The Morgan fingerprint density at radius 3 is 2.71 bits per heavy atom. The van der Waals surface area contributed by atoms with Crippen LogP contribution in [0.5, 0.6) is 5.75 Å². The molecule has 1 amide bonds. The lowest BCUT2D eigenvalue weighted by Gasteiger charge is -2.04. The quantitative estimate of drug-likeness (QED) is 0.692. The predicted octanol–water partition coefficient (Wildman–Crippen LogP) is 3.08. The molecule has 0 heterocycles. The summed E-state index contributed by atoms with van der Waals surface area (Å²) in [6, 6.07) is 13.0. The number of amides is 1. The zero-order chi connectivity index (χ0) is 15.2. The number of methoxy groups -OCH3 is 1. The van der Waals surface area contributed by atoms with E-state index in [0.29, 0.717) is 11.3 Å². The van der Waals surface area contributed by atoms with E-state index in [9.17, 15) is 4.79 Å². The van der Waals surface area contributed by atoms with E-state index in [0.717, 1.165) is 11.1 Å². The van der Waals surface area contributed by atoms with E-state index in [1.807, 2.05) is 26.0 Å². The fourth-order valence-corrected chi connectivity index (χ4v) is 1.96. The number of benzene rings is 2. The van der Waals surface area contributed by atoms with E-state index < -0.39 is 0 Å². The van der Waals surface area contributed by atoms with Crippen LogP contribution in [-0.2, 0) is 0 Å². The second-order valence-electron chi connectivity index (χ2n) is 4.79. The molecule has 2 rings (SSSR count). The highest BCUT2D eigenvalue weighted by atomic mass is 16.5. The van der Waals surface area contributed by atoms with E-state index in [1.54, 1.807) is 37.6 Å². The van der Waals surface area contributed by atoms with Crippen molar-refractivity contribution < 1.29 is 9.53 Å². The Hall–Kier alpha value is -2.62. The Bertz CT molecular complexity index is 678. The number of hydrazone groups is 1. The largest absolute Gasteiger partial charge is 0.497 e. The molecule has 0 saturated carbocycles. The van der Waals surface area contributed by atoms with Crippen LogP contribution >= 0.6 is 0 Å². The van der Waals surface area contributed by atoms with Gasteiger partial charge in [0.2, 0.25) is 0 Å². The minimum atomic E-state index is -0.269. The highest BCUT2D eigenvalue weighted by molar-refractivity contribution is 5.95. The fourth-order valence-electron chi connectivity index (χ4n) is 1.96. The molecular weight excluding hydrogens is 264 g/mol. The monoisotopic (exact) mass is 282 g/mol. The van der Waals surface area contributed by atoms with Crippen molar-refractivity contribution in [2.24, 2.45) is 5.10 Å². The van der Waals surface area contributed by atoms with Gasteiger partial charge < -0.3 is 4.74 Å². The molecule has 4 heteroatoms. The molecule has 0 radical (unpaired) electrons. The molecule has 0 fully saturated rings. The van der Waals surface area contributed by atoms with E-state index in [4.69, 9.17) is 4.74 Å². The molecule has 4 nitrogen and oxygen atoms in total. The lowest BCUT2D eigenvalue weighted by molar-refractivity contribution is 0.0955. The Morgan fingerprint density at radius 2 is 2.00 bits per heavy atom. The Balaban J connectivity index is 2.04. The number of hydrogen-bond donors (Lipinski definition) is 1. The van der Waals surface area contributed by atoms with Crippen LogP contribution in [0.1, 0.15) is 27.0 Å². The minimum Gasteiger partial charge on any atom is -0.497 e. The van der Waals surface area contributed by atoms with Gasteiger partial charge in [-0.3, -0.25) is 4.79 Å². The summed E-state index contributed by atoms with van der Waals surface area (Å²) in [5.41, 5.74) is 6.32. The third kappa shape index (κ3) is 3.92. The highest BCUT2D eigenvalue weighted by Gasteiger charge is 2.05. The van der Waals surface area contributed by atoms with Gasteiger partial charge in [0.05, 0.1) is 13.3 Å². The normalized spacial score (nSPS) is 10.6. The smallest absolute Gasteiger partial charge is 0.271 e. The average molecular weight is 282 g/mol. The zero-order valence-electron chi connectivity index (χ0n) is 12.4. The SMILES string of the molecule is COc1cccc(C(=O)N/N=C\c2ccc(C)cc2C)c1. The molecule has 2 aromatic rings. The first-order chi connectivity index (χ1) is 10.1. The molecule has 0 bridgehead atoms. The van der Waals surface area contributed by atoms with Crippen LogP contribution in [0.15, 0.2) is 47.6 Å². The number of aryl methyl sites for hydroxylation is 2. The average Bonchev–Trinajstić information content (AvgIpc) is 2.49. The topological polar surface area (TPSA) is 50.7 Å². The predicted molar refractivity (Wildman–Crippen MR) is 84.0 cm³/mol. The number of hydrogen-bond acceptors (Lipinski definition) is 3. The van der Waals surface area contributed by atoms with Gasteiger partial charge in [-0.05, 0) is 43.2 Å². The maximum atomic E-state index is 12.0. The van der Waals surface area contributed by atoms with E-state index in [1.165, 1.54) is 5.56 Å². The standard InChI is InChI=1S/C17H18N2O2/c1-12-7-8-15(13(2)9-12)11-18-19-17(20)14-5-4-6-16(10-14)21-3/h4-11H,1-3H3,(H,19,20)/b18-11-. The third-order valence-corrected chi connectivity index (χ3v) is 3.13. The first-order valence-corrected chi connectivity index (χ1v) is 6.65. The Labute approximate surface area is 124 Å². The van der Waals surface area contributed by atoms with Gasteiger partial charge in [-0.2, -0.15) is 5.10 Å². The lowest BCUT2D eigenvalue weighted by Crippen LogP contribution is -2.17. The van der Waals surface area contributed by atoms with E-state index in [-0.39, 0.29) is 5.91 Å². The molecule has 0 atom stereocenters. The van der Waals surface area contributed by atoms with Crippen molar-refractivity contribution >= 4 is 12.1 Å². The molecule has 0 aliphatic rings. The van der Waals surface area contributed by atoms with Crippen LogP contribution in [0.25, 0.3) is 0 Å². The summed E-state index contributed by atoms with van der Waals surface area (Å²) in [6.07, 6.45) is 1.65. The first-order valence-electron chi connectivity index (χ1n) is 6.65. The van der Waals surface area contributed by atoms with Gasteiger partial charge in [0, 0.05) is 5.56 Å². The van der Waals surface area contributed by atoms with Crippen molar-refractivity contribution in [2.45, 2.75) is 13.8 Å². The van der Waals surface area contributed by atoms with Gasteiger partial charge in [-0.15, -0.1) is 0 Å². The molecule has 0 spiro atoms.